The normalized spacial score (nSPS) is 10.8. The van der Waals surface area contributed by atoms with Gasteiger partial charge >= 0.3 is 0 Å². The number of aliphatic hydroxyl groups is 1. The maximum absolute atomic E-state index is 8.66. The summed E-state index contributed by atoms with van der Waals surface area (Å²) in [6, 6.07) is 4.16. The van der Waals surface area contributed by atoms with Crippen molar-refractivity contribution < 1.29 is 9.52 Å². The molecule has 0 saturated carbocycles. The molecule has 0 atom stereocenters. The fourth-order valence-corrected chi connectivity index (χ4v) is 1.65. The van der Waals surface area contributed by atoms with E-state index >= 15 is 0 Å². The minimum Gasteiger partial charge on any atom is -0.466 e. The lowest BCUT2D eigenvalue weighted by molar-refractivity contribution is 0.283. The Hall–Kier alpha value is -0.760. The van der Waals surface area contributed by atoms with E-state index in [1.165, 1.54) is 19.3 Å². The molecule has 0 saturated heterocycles. The molecule has 2 heteroatoms. The third-order valence-electron chi connectivity index (χ3n) is 2.58. The lowest BCUT2D eigenvalue weighted by atomic mass is 10.2. The molecule has 1 rings (SSSR count). The van der Waals surface area contributed by atoms with Gasteiger partial charge < -0.3 is 9.52 Å². The van der Waals surface area contributed by atoms with E-state index in [4.69, 9.17) is 9.52 Å². The molecule has 1 N–H and O–H groups in total. The Labute approximate surface area is 92.3 Å². The Kier molecular flexibility index (Phi) is 6.17. The molecule has 0 unspecified atom stereocenters. The van der Waals surface area contributed by atoms with Crippen molar-refractivity contribution >= 4 is 0 Å². The predicted molar refractivity (Wildman–Crippen MR) is 62.0 cm³/mol. The molecular weight excluding hydrogens is 188 g/mol. The van der Waals surface area contributed by atoms with E-state index in [0.717, 1.165) is 37.2 Å². The Balaban J connectivity index is 2.23. The topological polar surface area (TPSA) is 33.4 Å². The fraction of sp³-hybridized carbons (Fsp3) is 0.692. The number of aliphatic hydroxyl groups excluding tert-OH is 1. The van der Waals surface area contributed by atoms with Gasteiger partial charge in [-0.1, -0.05) is 19.8 Å². The summed E-state index contributed by atoms with van der Waals surface area (Å²) in [7, 11) is 0. The fourth-order valence-electron chi connectivity index (χ4n) is 1.65. The lowest BCUT2D eigenvalue weighted by Gasteiger charge is -1.97. The van der Waals surface area contributed by atoms with Gasteiger partial charge in [-0.15, -0.1) is 0 Å². The van der Waals surface area contributed by atoms with Crippen LogP contribution in [0, 0.1) is 0 Å². The van der Waals surface area contributed by atoms with Gasteiger partial charge in [0.15, 0.2) is 0 Å². The summed E-state index contributed by atoms with van der Waals surface area (Å²) < 4.78 is 5.70. The third kappa shape index (κ3) is 5.03. The van der Waals surface area contributed by atoms with E-state index in [9.17, 15) is 0 Å². The number of hydrogen-bond acceptors (Lipinski definition) is 2. The van der Waals surface area contributed by atoms with Gasteiger partial charge in [-0.05, 0) is 31.4 Å². The van der Waals surface area contributed by atoms with Crippen molar-refractivity contribution in [2.24, 2.45) is 0 Å². The first-order valence-corrected chi connectivity index (χ1v) is 6.05. The van der Waals surface area contributed by atoms with Crippen molar-refractivity contribution in [1.29, 1.82) is 0 Å². The second-order valence-electron chi connectivity index (χ2n) is 4.01. The molecular formula is C13H22O2. The van der Waals surface area contributed by atoms with E-state index in [0.29, 0.717) is 0 Å². The average Bonchev–Trinajstić information content (AvgIpc) is 2.67. The van der Waals surface area contributed by atoms with Crippen LogP contribution in [0.1, 0.15) is 50.5 Å². The zero-order valence-electron chi connectivity index (χ0n) is 9.67. The third-order valence-corrected chi connectivity index (χ3v) is 2.58. The van der Waals surface area contributed by atoms with Gasteiger partial charge in [-0.25, -0.2) is 0 Å². The monoisotopic (exact) mass is 210 g/mol. The Bertz CT molecular complexity index is 228. The largest absolute Gasteiger partial charge is 0.466 e. The second kappa shape index (κ2) is 7.52. The molecule has 0 spiro atoms. The summed E-state index contributed by atoms with van der Waals surface area (Å²) in [6.07, 6.45) is 7.65. The van der Waals surface area contributed by atoms with Crippen LogP contribution < -0.4 is 0 Å². The Morgan fingerprint density at radius 1 is 1.00 bits per heavy atom. The van der Waals surface area contributed by atoms with E-state index < -0.39 is 0 Å². The molecule has 0 radical (unpaired) electrons. The van der Waals surface area contributed by atoms with E-state index in [1.54, 1.807) is 0 Å². The minimum atomic E-state index is 0.282. The first-order valence-electron chi connectivity index (χ1n) is 6.05. The van der Waals surface area contributed by atoms with Crippen molar-refractivity contribution in [3.05, 3.63) is 23.7 Å². The summed E-state index contributed by atoms with van der Waals surface area (Å²) in [5.41, 5.74) is 0. The summed E-state index contributed by atoms with van der Waals surface area (Å²) >= 11 is 0. The number of rotatable bonds is 8. The van der Waals surface area contributed by atoms with E-state index in [-0.39, 0.29) is 6.61 Å². The van der Waals surface area contributed by atoms with E-state index in [1.807, 2.05) is 0 Å². The highest BCUT2D eigenvalue weighted by Crippen LogP contribution is 2.13. The molecule has 0 aliphatic rings. The van der Waals surface area contributed by atoms with Crippen LogP contribution in [0.3, 0.4) is 0 Å². The van der Waals surface area contributed by atoms with Crippen molar-refractivity contribution in [3.63, 3.8) is 0 Å². The highest BCUT2D eigenvalue weighted by molar-refractivity contribution is 5.07. The number of unbranched alkanes of at least 4 members (excludes halogenated alkanes) is 3. The molecule has 1 heterocycles. The molecule has 0 fully saturated rings. The van der Waals surface area contributed by atoms with Gasteiger partial charge in [0.1, 0.15) is 11.5 Å². The maximum Gasteiger partial charge on any atom is 0.104 e. The summed E-state index contributed by atoms with van der Waals surface area (Å²) in [4.78, 5) is 0. The highest BCUT2D eigenvalue weighted by atomic mass is 16.3. The number of hydrogen-bond donors (Lipinski definition) is 1. The minimum absolute atomic E-state index is 0.282. The van der Waals surface area contributed by atoms with Crippen LogP contribution in [0.4, 0.5) is 0 Å². The van der Waals surface area contributed by atoms with Crippen LogP contribution in [0.15, 0.2) is 16.5 Å². The molecule has 86 valence electrons. The maximum atomic E-state index is 8.66. The zero-order valence-corrected chi connectivity index (χ0v) is 9.67. The van der Waals surface area contributed by atoms with Gasteiger partial charge in [-0.2, -0.15) is 0 Å². The smallest absolute Gasteiger partial charge is 0.104 e. The van der Waals surface area contributed by atoms with Gasteiger partial charge in [-0.3, -0.25) is 0 Å². The molecule has 1 aromatic heterocycles. The van der Waals surface area contributed by atoms with Crippen LogP contribution in [0.2, 0.25) is 0 Å². The average molecular weight is 210 g/mol. The van der Waals surface area contributed by atoms with Crippen LogP contribution >= 0.6 is 0 Å². The molecule has 15 heavy (non-hydrogen) atoms. The SMILES string of the molecule is CCCCCc1ccc(CCCCO)o1. The molecule has 2 nitrogen and oxygen atoms in total. The van der Waals surface area contributed by atoms with Gasteiger partial charge in [0.2, 0.25) is 0 Å². The van der Waals surface area contributed by atoms with Crippen LogP contribution in [0.5, 0.6) is 0 Å². The zero-order chi connectivity index (χ0) is 10.9. The molecule has 0 amide bonds. The van der Waals surface area contributed by atoms with Crippen LogP contribution in [0.25, 0.3) is 0 Å². The lowest BCUT2D eigenvalue weighted by Crippen LogP contribution is -1.86. The summed E-state index contributed by atoms with van der Waals surface area (Å²) in [5, 5.41) is 8.66. The van der Waals surface area contributed by atoms with Crippen molar-refractivity contribution in [3.8, 4) is 0 Å². The second-order valence-corrected chi connectivity index (χ2v) is 4.01. The predicted octanol–water partition coefficient (Wildman–Crippen LogP) is 3.33. The van der Waals surface area contributed by atoms with E-state index in [2.05, 4.69) is 19.1 Å². The highest BCUT2D eigenvalue weighted by Gasteiger charge is 2.01. The summed E-state index contributed by atoms with van der Waals surface area (Å²) in [6.45, 7) is 2.49. The van der Waals surface area contributed by atoms with Gasteiger partial charge in [0, 0.05) is 19.4 Å². The Morgan fingerprint density at radius 3 is 2.13 bits per heavy atom. The molecule has 0 aromatic carbocycles. The molecule has 0 aliphatic carbocycles. The van der Waals surface area contributed by atoms with Crippen LogP contribution in [-0.4, -0.2) is 11.7 Å². The Morgan fingerprint density at radius 2 is 1.60 bits per heavy atom. The molecule has 1 aromatic rings. The quantitative estimate of drug-likeness (QED) is 0.668. The molecule has 0 bridgehead atoms. The molecule has 0 aliphatic heterocycles. The van der Waals surface area contributed by atoms with Gasteiger partial charge in [0.05, 0.1) is 0 Å². The number of aryl methyl sites for hydroxylation is 2. The standard InChI is InChI=1S/C13H22O2/c1-2-3-4-7-12-9-10-13(15-12)8-5-6-11-14/h9-10,14H,2-8,11H2,1H3. The van der Waals surface area contributed by atoms with Crippen molar-refractivity contribution in [2.75, 3.05) is 6.61 Å². The van der Waals surface area contributed by atoms with Crippen LogP contribution in [-0.2, 0) is 12.8 Å². The van der Waals surface area contributed by atoms with Gasteiger partial charge in [0.25, 0.3) is 0 Å². The first kappa shape index (κ1) is 12.3. The first-order chi connectivity index (χ1) is 7.36. The van der Waals surface area contributed by atoms with Crippen molar-refractivity contribution in [1.82, 2.24) is 0 Å². The number of furan rings is 1. The summed E-state index contributed by atoms with van der Waals surface area (Å²) in [5.74, 6) is 2.18. The van der Waals surface area contributed by atoms with Crippen molar-refractivity contribution in [2.45, 2.75) is 51.9 Å².